The van der Waals surface area contributed by atoms with Gasteiger partial charge in [-0.3, -0.25) is 4.18 Å². The summed E-state index contributed by atoms with van der Waals surface area (Å²) >= 11 is 0. The van der Waals surface area contributed by atoms with Crippen LogP contribution >= 0.6 is 0 Å². The molecule has 0 aliphatic heterocycles. The fourth-order valence-electron chi connectivity index (χ4n) is 3.45. The Morgan fingerprint density at radius 1 is 0.968 bits per heavy atom. The first kappa shape index (κ1) is 25.7. The molecule has 0 aromatic heterocycles. The minimum Gasteiger partial charge on any atom is -0.401 e. The molecule has 1 unspecified atom stereocenters. The molecule has 1 atom stereocenters. The molecule has 1 aromatic rings. The molecule has 0 heterocycles. The van der Waals surface area contributed by atoms with E-state index in [4.69, 9.17) is 4.43 Å². The highest BCUT2D eigenvalue weighted by molar-refractivity contribution is 7.87. The Kier molecular flexibility index (Phi) is 7.56. The van der Waals surface area contributed by atoms with Crippen molar-refractivity contribution in [1.82, 2.24) is 0 Å². The van der Waals surface area contributed by atoms with Crippen molar-refractivity contribution in [3.05, 3.63) is 53.8 Å². The Labute approximate surface area is 180 Å². The predicted molar refractivity (Wildman–Crippen MR) is 110 cm³/mol. The molecule has 0 saturated heterocycles. The van der Waals surface area contributed by atoms with Crippen LogP contribution in [0.3, 0.4) is 0 Å². The minimum atomic E-state index is -6.13. The number of hydrogen-bond acceptors (Lipinski definition) is 4. The number of allylic oxidation sites excluding steroid dienone is 4. The van der Waals surface area contributed by atoms with Crippen LogP contribution in [-0.2, 0) is 18.7 Å². The normalized spacial score (nSPS) is 17.9. The molecule has 0 fully saturated rings. The maximum atomic E-state index is 14.4. The van der Waals surface area contributed by atoms with Gasteiger partial charge in [-0.05, 0) is 28.3 Å². The second-order valence-corrected chi connectivity index (χ2v) is 14.2. The number of hydrogen-bond donors (Lipinski definition) is 0. The lowest BCUT2D eigenvalue weighted by atomic mass is 10.2. The van der Waals surface area contributed by atoms with Gasteiger partial charge in [0.1, 0.15) is 13.2 Å². The van der Waals surface area contributed by atoms with E-state index in [-0.39, 0.29) is 0 Å². The molecule has 1 aliphatic carbocycles. The molecule has 0 bridgehead atoms. The van der Waals surface area contributed by atoms with Crippen LogP contribution in [0, 0.1) is 0 Å². The van der Waals surface area contributed by atoms with Crippen LogP contribution in [0.5, 0.6) is 0 Å². The van der Waals surface area contributed by atoms with E-state index in [2.05, 4.69) is 4.18 Å². The first-order valence-corrected chi connectivity index (χ1v) is 12.8. The summed E-state index contributed by atoms with van der Waals surface area (Å²) in [4.78, 5) is 0. The van der Waals surface area contributed by atoms with E-state index in [1.165, 1.54) is 0 Å². The maximum Gasteiger partial charge on any atom is 0.523 e. The zero-order valence-corrected chi connectivity index (χ0v) is 19.2. The molecule has 2 rings (SSSR count). The average Bonchev–Trinajstić information content (AvgIpc) is 2.67. The highest BCUT2D eigenvalue weighted by Gasteiger charge is 2.53. The number of rotatable bonds is 8. The standard InChI is InChI=1S/C20H25F5O4SSi/c1-18(2,3)31(16-10-6-4-7-11-16,17-12-8-5-9-13-17)29-15-19(21,22)14-28-30(26,27)20(23,24)25/h4,6-8,10-13H,5,9,14-15H2,1-3H3. The molecule has 31 heavy (non-hydrogen) atoms. The third kappa shape index (κ3) is 5.82. The highest BCUT2D eigenvalue weighted by atomic mass is 32.2. The van der Waals surface area contributed by atoms with Gasteiger partial charge in [-0.1, -0.05) is 69.3 Å². The molecule has 174 valence electrons. The van der Waals surface area contributed by atoms with Gasteiger partial charge in [0.05, 0.1) is 0 Å². The first-order valence-electron chi connectivity index (χ1n) is 9.53. The third-order valence-electron chi connectivity index (χ3n) is 4.85. The van der Waals surface area contributed by atoms with Crippen LogP contribution in [-0.4, -0.2) is 41.4 Å². The van der Waals surface area contributed by atoms with Crippen LogP contribution in [0.1, 0.15) is 33.6 Å². The van der Waals surface area contributed by atoms with Crippen molar-refractivity contribution in [3.8, 4) is 0 Å². The monoisotopic (exact) mass is 484 g/mol. The van der Waals surface area contributed by atoms with Crippen LogP contribution in [0.25, 0.3) is 0 Å². The molecular weight excluding hydrogens is 459 g/mol. The second kappa shape index (κ2) is 9.12. The average molecular weight is 485 g/mol. The molecule has 1 aromatic carbocycles. The molecular formula is C20H25F5O4SSi. The summed E-state index contributed by atoms with van der Waals surface area (Å²) in [6.07, 6.45) is 7.21. The largest absolute Gasteiger partial charge is 0.523 e. The van der Waals surface area contributed by atoms with Crippen molar-refractivity contribution in [2.45, 2.75) is 50.1 Å². The van der Waals surface area contributed by atoms with Crippen molar-refractivity contribution < 1.29 is 39.0 Å². The predicted octanol–water partition coefficient (Wildman–Crippen LogP) is 4.97. The Morgan fingerprint density at radius 2 is 1.58 bits per heavy atom. The van der Waals surface area contributed by atoms with E-state index in [0.717, 1.165) is 16.8 Å². The SMILES string of the molecule is CC(C)(C)[Si](OCC(F)(F)COS(=O)(=O)C(F)(F)F)(C1=CCCC=C1)c1ccccc1. The van der Waals surface area contributed by atoms with Crippen LogP contribution in [0.15, 0.2) is 53.8 Å². The summed E-state index contributed by atoms with van der Waals surface area (Å²) in [5.41, 5.74) is -5.78. The lowest BCUT2D eigenvalue weighted by Crippen LogP contribution is -2.61. The topological polar surface area (TPSA) is 52.6 Å². The molecule has 4 nitrogen and oxygen atoms in total. The fraction of sp³-hybridized carbons (Fsp3) is 0.500. The zero-order valence-electron chi connectivity index (χ0n) is 17.4. The summed E-state index contributed by atoms with van der Waals surface area (Å²) in [6.45, 7) is 2.33. The number of benzene rings is 1. The van der Waals surface area contributed by atoms with Gasteiger partial charge in [0, 0.05) is 0 Å². The van der Waals surface area contributed by atoms with Crippen LogP contribution in [0.2, 0.25) is 5.04 Å². The van der Waals surface area contributed by atoms with E-state index in [1.54, 1.807) is 30.3 Å². The van der Waals surface area contributed by atoms with Gasteiger partial charge in [-0.2, -0.15) is 21.6 Å². The lowest BCUT2D eigenvalue weighted by Gasteiger charge is -2.44. The van der Waals surface area contributed by atoms with Gasteiger partial charge < -0.3 is 4.43 Å². The fourth-order valence-corrected chi connectivity index (χ4v) is 8.62. The Hall–Kier alpha value is -1.56. The summed E-state index contributed by atoms with van der Waals surface area (Å²) in [5, 5.41) is 0.883. The van der Waals surface area contributed by atoms with E-state index in [0.29, 0.717) is 6.42 Å². The van der Waals surface area contributed by atoms with Gasteiger partial charge in [-0.15, -0.1) is 0 Å². The van der Waals surface area contributed by atoms with E-state index in [9.17, 15) is 30.4 Å². The van der Waals surface area contributed by atoms with Gasteiger partial charge >= 0.3 is 15.6 Å². The van der Waals surface area contributed by atoms with Crippen molar-refractivity contribution in [2.24, 2.45) is 0 Å². The molecule has 0 N–H and O–H groups in total. The molecule has 0 radical (unpaired) electrons. The molecule has 0 spiro atoms. The first-order chi connectivity index (χ1) is 14.1. The van der Waals surface area contributed by atoms with E-state index >= 15 is 0 Å². The molecule has 0 saturated carbocycles. The zero-order chi connectivity index (χ0) is 23.6. The maximum absolute atomic E-state index is 14.4. The smallest absolute Gasteiger partial charge is 0.401 e. The molecule has 0 amide bonds. The summed E-state index contributed by atoms with van der Waals surface area (Å²) < 4.78 is 97.6. The van der Waals surface area contributed by atoms with Crippen LogP contribution in [0.4, 0.5) is 22.0 Å². The minimum absolute atomic E-state index is 0.614. The number of alkyl halides is 5. The van der Waals surface area contributed by atoms with Gasteiger partial charge in [0.25, 0.3) is 14.2 Å². The summed E-state index contributed by atoms with van der Waals surface area (Å²) in [6, 6.07) is 8.86. The quantitative estimate of drug-likeness (QED) is 0.226. The van der Waals surface area contributed by atoms with E-state index in [1.807, 2.05) is 39.0 Å². The van der Waals surface area contributed by atoms with Crippen molar-refractivity contribution in [1.29, 1.82) is 0 Å². The Bertz CT molecular complexity index is 921. The van der Waals surface area contributed by atoms with Crippen molar-refractivity contribution in [2.75, 3.05) is 13.2 Å². The van der Waals surface area contributed by atoms with Gasteiger partial charge in [0.2, 0.25) is 0 Å². The van der Waals surface area contributed by atoms with E-state index < -0.39 is 48.1 Å². The van der Waals surface area contributed by atoms with Gasteiger partial charge in [0.15, 0.2) is 0 Å². The van der Waals surface area contributed by atoms with Crippen molar-refractivity contribution in [3.63, 3.8) is 0 Å². The highest BCUT2D eigenvalue weighted by Crippen LogP contribution is 2.43. The number of halogens is 5. The Balaban J connectivity index is 2.38. The van der Waals surface area contributed by atoms with Crippen molar-refractivity contribution >= 4 is 23.6 Å². The lowest BCUT2D eigenvalue weighted by molar-refractivity contribution is -0.0887. The second-order valence-electron chi connectivity index (χ2n) is 8.24. The van der Waals surface area contributed by atoms with Crippen LogP contribution < -0.4 is 5.19 Å². The summed E-state index contributed by atoms with van der Waals surface area (Å²) in [5.74, 6) is -3.96. The van der Waals surface area contributed by atoms with Gasteiger partial charge in [-0.25, -0.2) is 8.78 Å². The third-order valence-corrected chi connectivity index (χ3v) is 10.9. The molecule has 1 aliphatic rings. The summed E-state index contributed by atoms with van der Waals surface area (Å²) in [7, 11) is -9.46. The molecule has 11 heteroatoms. The Morgan fingerprint density at radius 3 is 2.06 bits per heavy atom.